The van der Waals surface area contributed by atoms with E-state index < -0.39 is 0 Å². The largest absolute Gasteiger partial charge is 0.327 e. The summed E-state index contributed by atoms with van der Waals surface area (Å²) >= 11 is 3.45. The van der Waals surface area contributed by atoms with Gasteiger partial charge in [-0.05, 0) is 48.0 Å². The fourth-order valence-corrected chi connectivity index (χ4v) is 3.57. The number of para-hydroxylation sites is 2. The van der Waals surface area contributed by atoms with E-state index >= 15 is 0 Å². The molecule has 5 heteroatoms. The Kier molecular flexibility index (Phi) is 3.76. The van der Waals surface area contributed by atoms with E-state index in [0.717, 1.165) is 48.8 Å². The Labute approximate surface area is 164 Å². The van der Waals surface area contributed by atoms with Gasteiger partial charge in [-0.3, -0.25) is 4.99 Å². The molecule has 0 unspecified atom stereocenters. The van der Waals surface area contributed by atoms with Crippen LogP contribution in [0.1, 0.15) is 5.56 Å². The number of aromatic nitrogens is 3. The van der Waals surface area contributed by atoms with E-state index in [9.17, 15) is 0 Å². The summed E-state index contributed by atoms with van der Waals surface area (Å²) < 4.78 is 3.15. The van der Waals surface area contributed by atoms with Gasteiger partial charge in [0.2, 0.25) is 0 Å². The van der Waals surface area contributed by atoms with Crippen molar-refractivity contribution in [3.8, 4) is 0 Å². The molecular formula is C22H15BrN4. The van der Waals surface area contributed by atoms with Crippen molar-refractivity contribution in [1.29, 1.82) is 0 Å². The summed E-state index contributed by atoms with van der Waals surface area (Å²) in [5.41, 5.74) is 6.66. The van der Waals surface area contributed by atoms with Crippen LogP contribution in [0.5, 0.6) is 0 Å². The zero-order valence-corrected chi connectivity index (χ0v) is 16.2. The third-order valence-electron chi connectivity index (χ3n) is 4.70. The number of aryl methyl sites for hydroxylation is 1. The maximum atomic E-state index is 4.86. The van der Waals surface area contributed by atoms with Crippen LogP contribution in [-0.4, -0.2) is 20.7 Å². The predicted octanol–water partition coefficient (Wildman–Crippen LogP) is 5.79. The molecule has 0 aliphatic heterocycles. The molecule has 0 spiro atoms. The molecule has 0 saturated carbocycles. The second-order valence-electron chi connectivity index (χ2n) is 6.45. The van der Waals surface area contributed by atoms with Gasteiger partial charge in [0.25, 0.3) is 0 Å². The van der Waals surface area contributed by atoms with Gasteiger partial charge in [-0.25, -0.2) is 9.97 Å². The maximum absolute atomic E-state index is 4.86. The topological polar surface area (TPSA) is 43.1 Å². The Hall–Kier alpha value is -3.05. The normalized spacial score (nSPS) is 11.9. The molecule has 4 nitrogen and oxygen atoms in total. The quantitative estimate of drug-likeness (QED) is 0.343. The molecule has 0 radical (unpaired) electrons. The van der Waals surface area contributed by atoms with Gasteiger partial charge in [0, 0.05) is 23.1 Å². The van der Waals surface area contributed by atoms with Gasteiger partial charge in [-0.1, -0.05) is 40.2 Å². The van der Waals surface area contributed by atoms with Crippen LogP contribution >= 0.6 is 15.9 Å². The first-order valence-corrected chi connectivity index (χ1v) is 9.43. The number of nitrogens with zero attached hydrogens (tertiary/aromatic N) is 4. The van der Waals surface area contributed by atoms with Gasteiger partial charge in [0.1, 0.15) is 5.52 Å². The van der Waals surface area contributed by atoms with Gasteiger partial charge in [-0.15, -0.1) is 0 Å². The molecule has 0 fully saturated rings. The average Bonchev–Trinajstić information content (AvgIpc) is 2.97. The molecule has 0 aliphatic rings. The van der Waals surface area contributed by atoms with Crippen molar-refractivity contribution in [2.24, 2.45) is 12.0 Å². The number of benzene rings is 3. The Bertz CT molecular complexity index is 1330. The van der Waals surface area contributed by atoms with Crippen molar-refractivity contribution in [3.63, 3.8) is 0 Å². The van der Waals surface area contributed by atoms with Crippen LogP contribution in [0.2, 0.25) is 0 Å². The van der Waals surface area contributed by atoms with Crippen LogP contribution in [0.4, 0.5) is 5.69 Å². The second kappa shape index (κ2) is 6.28. The van der Waals surface area contributed by atoms with Crippen LogP contribution < -0.4 is 0 Å². The maximum Gasteiger partial charge on any atom is 0.160 e. The summed E-state index contributed by atoms with van der Waals surface area (Å²) in [6.07, 6.45) is 1.87. The zero-order chi connectivity index (χ0) is 18.4. The summed E-state index contributed by atoms with van der Waals surface area (Å²) in [5.74, 6) is 0. The molecule has 27 heavy (non-hydrogen) atoms. The van der Waals surface area contributed by atoms with E-state index in [1.165, 1.54) is 0 Å². The molecule has 0 bridgehead atoms. The van der Waals surface area contributed by atoms with Crippen LogP contribution in [0.25, 0.3) is 33.1 Å². The first-order chi connectivity index (χ1) is 13.2. The van der Waals surface area contributed by atoms with Crippen LogP contribution in [-0.2, 0) is 7.05 Å². The smallest absolute Gasteiger partial charge is 0.160 e. The Morgan fingerprint density at radius 1 is 0.926 bits per heavy atom. The SMILES string of the molecule is Cn1c2ccc(N=Cc3ccc(Br)cc3)cc2c2nc3ccccc3nc21. The highest BCUT2D eigenvalue weighted by Gasteiger charge is 2.12. The second-order valence-corrected chi connectivity index (χ2v) is 7.37. The predicted molar refractivity (Wildman–Crippen MR) is 115 cm³/mol. The number of hydrogen-bond acceptors (Lipinski definition) is 3. The van der Waals surface area contributed by atoms with Crippen molar-refractivity contribution in [3.05, 3.63) is 76.8 Å². The molecule has 0 atom stereocenters. The highest BCUT2D eigenvalue weighted by Crippen LogP contribution is 2.30. The lowest BCUT2D eigenvalue weighted by Crippen LogP contribution is -1.91. The molecule has 130 valence electrons. The lowest BCUT2D eigenvalue weighted by atomic mass is 10.2. The van der Waals surface area contributed by atoms with E-state index in [1.54, 1.807) is 0 Å². The van der Waals surface area contributed by atoms with E-state index in [0.29, 0.717) is 0 Å². The van der Waals surface area contributed by atoms with Crippen molar-refractivity contribution in [2.75, 3.05) is 0 Å². The van der Waals surface area contributed by atoms with Crippen molar-refractivity contribution in [2.45, 2.75) is 0 Å². The molecule has 5 aromatic rings. The third-order valence-corrected chi connectivity index (χ3v) is 5.23. The summed E-state index contributed by atoms with van der Waals surface area (Å²) in [6.45, 7) is 0. The fourth-order valence-electron chi connectivity index (χ4n) is 3.30. The highest BCUT2D eigenvalue weighted by molar-refractivity contribution is 9.10. The fraction of sp³-hybridized carbons (Fsp3) is 0.0455. The molecule has 0 N–H and O–H groups in total. The van der Waals surface area contributed by atoms with E-state index in [-0.39, 0.29) is 0 Å². The first-order valence-electron chi connectivity index (χ1n) is 8.64. The third kappa shape index (κ3) is 2.80. The molecule has 2 aromatic heterocycles. The highest BCUT2D eigenvalue weighted by atomic mass is 79.9. The molecule has 5 rings (SSSR count). The number of halogens is 1. The first kappa shape index (κ1) is 16.1. The average molecular weight is 415 g/mol. The summed E-state index contributed by atoms with van der Waals surface area (Å²) in [7, 11) is 2.03. The van der Waals surface area contributed by atoms with Crippen molar-refractivity contribution < 1.29 is 0 Å². The summed E-state index contributed by atoms with van der Waals surface area (Å²) in [6, 6.07) is 22.2. The molecule has 2 heterocycles. The Morgan fingerprint density at radius 3 is 2.44 bits per heavy atom. The number of aliphatic imine (C=N–C) groups is 1. The molecular weight excluding hydrogens is 400 g/mol. The van der Waals surface area contributed by atoms with Crippen molar-refractivity contribution >= 4 is 60.9 Å². The number of hydrogen-bond donors (Lipinski definition) is 0. The minimum atomic E-state index is 0.887. The van der Waals surface area contributed by atoms with E-state index in [4.69, 9.17) is 9.97 Å². The van der Waals surface area contributed by atoms with E-state index in [1.807, 2.05) is 67.9 Å². The molecule has 3 aromatic carbocycles. The lowest BCUT2D eigenvalue weighted by Gasteiger charge is -1.98. The number of rotatable bonds is 2. The Morgan fingerprint density at radius 2 is 1.67 bits per heavy atom. The summed E-state index contributed by atoms with van der Waals surface area (Å²) in [4.78, 5) is 14.3. The molecule has 0 aliphatic carbocycles. The van der Waals surface area contributed by atoms with E-state index in [2.05, 4.69) is 37.6 Å². The standard InChI is InChI=1S/C22H15BrN4/c1-27-20-11-10-16(24-13-14-6-8-15(23)9-7-14)12-17(20)21-22(27)26-19-5-3-2-4-18(19)25-21/h2-13H,1H3. The van der Waals surface area contributed by atoms with Gasteiger partial charge in [0.05, 0.1) is 22.2 Å². The Balaban J connectivity index is 1.66. The molecule has 0 saturated heterocycles. The van der Waals surface area contributed by atoms with Crippen molar-refractivity contribution in [1.82, 2.24) is 14.5 Å². The lowest BCUT2D eigenvalue weighted by molar-refractivity contribution is 0.992. The summed E-state index contributed by atoms with van der Waals surface area (Å²) in [5, 5.41) is 1.07. The minimum absolute atomic E-state index is 0.887. The van der Waals surface area contributed by atoms with Gasteiger partial charge >= 0.3 is 0 Å². The zero-order valence-electron chi connectivity index (χ0n) is 14.6. The van der Waals surface area contributed by atoms with Crippen LogP contribution in [0, 0.1) is 0 Å². The van der Waals surface area contributed by atoms with Gasteiger partial charge < -0.3 is 4.57 Å². The minimum Gasteiger partial charge on any atom is -0.327 e. The monoisotopic (exact) mass is 414 g/mol. The van der Waals surface area contributed by atoms with Gasteiger partial charge in [-0.2, -0.15) is 0 Å². The van der Waals surface area contributed by atoms with Gasteiger partial charge in [0.15, 0.2) is 5.65 Å². The van der Waals surface area contributed by atoms with Crippen LogP contribution in [0.15, 0.2) is 76.2 Å². The number of fused-ring (bicyclic) bond motifs is 4. The van der Waals surface area contributed by atoms with Crippen LogP contribution in [0.3, 0.4) is 0 Å². The molecule has 0 amide bonds.